The lowest BCUT2D eigenvalue weighted by atomic mass is 10.0. The molecule has 0 spiro atoms. The minimum Gasteiger partial charge on any atom is -0.496 e. The molecule has 0 amide bonds. The predicted molar refractivity (Wildman–Crippen MR) is 96.5 cm³/mol. The maximum atomic E-state index is 5.48. The second kappa shape index (κ2) is 7.62. The highest BCUT2D eigenvalue weighted by Crippen LogP contribution is 2.26. The molecule has 0 radical (unpaired) electrons. The number of methoxy groups -OCH3 is 1. The quantitative estimate of drug-likeness (QED) is 0.883. The molecule has 0 saturated carbocycles. The summed E-state index contributed by atoms with van der Waals surface area (Å²) in [7, 11) is 1.71. The predicted octanol–water partition coefficient (Wildman–Crippen LogP) is 3.24. The number of aryl methyl sites for hydroxylation is 1. The van der Waals surface area contributed by atoms with Gasteiger partial charge in [0, 0.05) is 49.2 Å². The van der Waals surface area contributed by atoms with Gasteiger partial charge in [0.15, 0.2) is 0 Å². The summed E-state index contributed by atoms with van der Waals surface area (Å²) in [6.07, 6.45) is 6.33. The Morgan fingerprint density at radius 2 is 1.92 bits per heavy atom. The lowest BCUT2D eigenvalue weighted by Crippen LogP contribution is -2.21. The normalized spacial score (nSPS) is 15.5. The highest BCUT2D eigenvalue weighted by molar-refractivity contribution is 5.39. The van der Waals surface area contributed by atoms with Gasteiger partial charge in [0.25, 0.3) is 0 Å². The fraction of sp³-hybridized carbons (Fsp3) is 0.474. The molecule has 0 aliphatic carbocycles. The summed E-state index contributed by atoms with van der Waals surface area (Å²) >= 11 is 0. The number of hydrogen-bond donors (Lipinski definition) is 1. The first kappa shape index (κ1) is 16.7. The second-order valence-corrected chi connectivity index (χ2v) is 6.43. The van der Waals surface area contributed by atoms with Crippen molar-refractivity contribution in [2.24, 2.45) is 0 Å². The van der Waals surface area contributed by atoms with Crippen LogP contribution in [-0.4, -0.2) is 30.2 Å². The van der Waals surface area contributed by atoms with Crippen LogP contribution in [0.3, 0.4) is 0 Å². The lowest BCUT2D eigenvalue weighted by Gasteiger charge is -2.18. The van der Waals surface area contributed by atoms with Crippen LogP contribution >= 0.6 is 0 Å². The topological polar surface area (TPSA) is 50.3 Å². The minimum atomic E-state index is 0.193. The van der Waals surface area contributed by atoms with E-state index in [1.54, 1.807) is 7.11 Å². The van der Waals surface area contributed by atoms with Crippen molar-refractivity contribution in [3.8, 4) is 5.75 Å². The van der Waals surface area contributed by atoms with Crippen molar-refractivity contribution in [3.63, 3.8) is 0 Å². The Kier molecular flexibility index (Phi) is 5.30. The average Bonchev–Trinajstić information content (AvgIpc) is 3.14. The molecule has 128 valence electrons. The molecule has 1 unspecified atom stereocenters. The van der Waals surface area contributed by atoms with Crippen molar-refractivity contribution in [2.75, 3.05) is 25.1 Å². The Bertz CT molecular complexity index is 666. The Labute approximate surface area is 144 Å². The van der Waals surface area contributed by atoms with E-state index in [1.165, 1.54) is 24.0 Å². The number of nitrogens with zero attached hydrogens (tertiary/aromatic N) is 3. The summed E-state index contributed by atoms with van der Waals surface area (Å²) in [5, 5.41) is 3.53. The molecule has 1 N–H and O–H groups in total. The molecular formula is C19H26N4O. The summed E-state index contributed by atoms with van der Waals surface area (Å²) in [6.45, 7) is 7.12. The molecule has 1 aliphatic heterocycles. The number of ether oxygens (including phenoxy) is 1. The van der Waals surface area contributed by atoms with Gasteiger partial charge >= 0.3 is 0 Å². The molecule has 5 heteroatoms. The monoisotopic (exact) mass is 326 g/mol. The number of benzene rings is 1. The number of nitrogens with one attached hydrogen (secondary N) is 1. The van der Waals surface area contributed by atoms with Crippen molar-refractivity contribution in [3.05, 3.63) is 47.3 Å². The SMILES string of the molecule is COc1ccc(C)cc1C(C)NCc1cnc(N2CCCC2)nc1. The molecule has 1 saturated heterocycles. The van der Waals surface area contributed by atoms with Crippen LogP contribution in [0.2, 0.25) is 0 Å². The Balaban J connectivity index is 1.61. The van der Waals surface area contributed by atoms with E-state index in [0.29, 0.717) is 0 Å². The minimum absolute atomic E-state index is 0.193. The first-order chi connectivity index (χ1) is 11.7. The van der Waals surface area contributed by atoms with Gasteiger partial charge in [-0.15, -0.1) is 0 Å². The highest BCUT2D eigenvalue weighted by Gasteiger charge is 2.15. The van der Waals surface area contributed by atoms with Gasteiger partial charge in [0.1, 0.15) is 5.75 Å². The van der Waals surface area contributed by atoms with E-state index in [-0.39, 0.29) is 6.04 Å². The van der Waals surface area contributed by atoms with Gasteiger partial charge in [-0.25, -0.2) is 9.97 Å². The number of hydrogen-bond acceptors (Lipinski definition) is 5. The zero-order valence-corrected chi connectivity index (χ0v) is 14.7. The van der Waals surface area contributed by atoms with Crippen molar-refractivity contribution in [1.82, 2.24) is 15.3 Å². The maximum Gasteiger partial charge on any atom is 0.225 e. The van der Waals surface area contributed by atoms with Crippen molar-refractivity contribution in [1.29, 1.82) is 0 Å². The molecule has 1 aromatic heterocycles. The summed E-state index contributed by atoms with van der Waals surface area (Å²) in [4.78, 5) is 11.3. The van der Waals surface area contributed by atoms with Gasteiger partial charge in [0.05, 0.1) is 7.11 Å². The summed E-state index contributed by atoms with van der Waals surface area (Å²) in [5.41, 5.74) is 3.50. The van der Waals surface area contributed by atoms with Crippen LogP contribution in [0.25, 0.3) is 0 Å². The van der Waals surface area contributed by atoms with Crippen LogP contribution in [0.4, 0.5) is 5.95 Å². The molecule has 1 aliphatic rings. The smallest absolute Gasteiger partial charge is 0.225 e. The van der Waals surface area contributed by atoms with E-state index in [2.05, 4.69) is 46.2 Å². The van der Waals surface area contributed by atoms with Crippen LogP contribution in [0.15, 0.2) is 30.6 Å². The molecule has 2 aromatic rings. The third kappa shape index (κ3) is 3.85. The molecule has 5 nitrogen and oxygen atoms in total. The van der Waals surface area contributed by atoms with E-state index < -0.39 is 0 Å². The van der Waals surface area contributed by atoms with E-state index in [9.17, 15) is 0 Å². The van der Waals surface area contributed by atoms with Crippen LogP contribution < -0.4 is 15.0 Å². The van der Waals surface area contributed by atoms with Crippen LogP contribution in [0.1, 0.15) is 42.5 Å². The number of anilines is 1. The first-order valence-corrected chi connectivity index (χ1v) is 8.61. The molecule has 2 heterocycles. The van der Waals surface area contributed by atoms with Gasteiger partial charge in [0.2, 0.25) is 5.95 Å². The lowest BCUT2D eigenvalue weighted by molar-refractivity contribution is 0.401. The van der Waals surface area contributed by atoms with E-state index in [0.717, 1.165) is 36.9 Å². The largest absolute Gasteiger partial charge is 0.496 e. The van der Waals surface area contributed by atoms with Crippen molar-refractivity contribution >= 4 is 5.95 Å². The number of aromatic nitrogens is 2. The molecule has 3 rings (SSSR count). The second-order valence-electron chi connectivity index (χ2n) is 6.43. The Hall–Kier alpha value is -2.14. The molecule has 1 aromatic carbocycles. The summed E-state index contributed by atoms with van der Waals surface area (Å²) in [5.74, 6) is 1.77. The molecule has 1 atom stereocenters. The molecule has 1 fully saturated rings. The van der Waals surface area contributed by atoms with Crippen LogP contribution in [0.5, 0.6) is 5.75 Å². The zero-order chi connectivity index (χ0) is 16.9. The van der Waals surface area contributed by atoms with Gasteiger partial charge in [-0.3, -0.25) is 0 Å². The standard InChI is InChI=1S/C19H26N4O/c1-14-6-7-18(24-3)17(10-14)15(2)20-11-16-12-21-19(22-13-16)23-8-4-5-9-23/h6-7,10,12-13,15,20H,4-5,8-9,11H2,1-3H3. The first-order valence-electron chi connectivity index (χ1n) is 8.61. The maximum absolute atomic E-state index is 5.48. The van der Waals surface area contributed by atoms with Gasteiger partial charge in [-0.1, -0.05) is 17.7 Å². The molecule has 0 bridgehead atoms. The third-order valence-corrected chi connectivity index (χ3v) is 4.54. The third-order valence-electron chi connectivity index (χ3n) is 4.54. The Morgan fingerprint density at radius 3 is 2.58 bits per heavy atom. The van der Waals surface area contributed by atoms with Crippen molar-refractivity contribution in [2.45, 2.75) is 39.3 Å². The fourth-order valence-electron chi connectivity index (χ4n) is 3.09. The van der Waals surface area contributed by atoms with E-state index in [4.69, 9.17) is 4.74 Å². The molecular weight excluding hydrogens is 300 g/mol. The van der Waals surface area contributed by atoms with E-state index in [1.807, 2.05) is 18.5 Å². The van der Waals surface area contributed by atoms with Gasteiger partial charge in [-0.2, -0.15) is 0 Å². The average molecular weight is 326 g/mol. The van der Waals surface area contributed by atoms with E-state index >= 15 is 0 Å². The van der Waals surface area contributed by atoms with Crippen LogP contribution in [0, 0.1) is 6.92 Å². The Morgan fingerprint density at radius 1 is 1.21 bits per heavy atom. The summed E-state index contributed by atoms with van der Waals surface area (Å²) < 4.78 is 5.48. The summed E-state index contributed by atoms with van der Waals surface area (Å²) in [6, 6.07) is 6.46. The van der Waals surface area contributed by atoms with Gasteiger partial charge in [-0.05, 0) is 32.8 Å². The fourth-order valence-corrected chi connectivity index (χ4v) is 3.09. The highest BCUT2D eigenvalue weighted by atomic mass is 16.5. The van der Waals surface area contributed by atoms with Crippen molar-refractivity contribution < 1.29 is 4.74 Å². The zero-order valence-electron chi connectivity index (χ0n) is 14.7. The van der Waals surface area contributed by atoms with Gasteiger partial charge < -0.3 is 15.0 Å². The van der Waals surface area contributed by atoms with Crippen LogP contribution in [-0.2, 0) is 6.54 Å². The molecule has 24 heavy (non-hydrogen) atoms. The number of rotatable bonds is 6.